The molecule has 0 spiro atoms. The molecule has 11 heteroatoms. The van der Waals surface area contributed by atoms with Gasteiger partial charge in [-0.3, -0.25) is 10.7 Å². The van der Waals surface area contributed by atoms with E-state index in [1.807, 2.05) is 0 Å². The number of nitrogens with one attached hydrogen (secondary N) is 3. The fraction of sp³-hybridized carbons (Fsp3) is 0.759. The molecule has 4 N–H and O–H groups in total. The number of imidazole rings is 1. The Labute approximate surface area is 237 Å². The summed E-state index contributed by atoms with van der Waals surface area (Å²) in [6.45, 7) is 10.5. The SMILES string of the molecule is COC(C)(C)C1CCCN1c1nc2nc(C(=N)NC(=O)O)nc(N[C@H](C)C3CCC3)c2n1C[C@H]1CC[C@H](C)CC1. The Hall–Kier alpha value is -2.95. The van der Waals surface area contributed by atoms with E-state index < -0.39 is 6.09 Å². The van der Waals surface area contributed by atoms with Crippen LogP contribution in [0.5, 0.6) is 0 Å². The third-order valence-electron chi connectivity index (χ3n) is 9.67. The topological polar surface area (TPSA) is 141 Å². The van der Waals surface area contributed by atoms with Gasteiger partial charge < -0.3 is 24.6 Å². The van der Waals surface area contributed by atoms with Gasteiger partial charge in [0, 0.05) is 26.2 Å². The van der Waals surface area contributed by atoms with Crippen LogP contribution in [0.3, 0.4) is 0 Å². The molecule has 1 aliphatic heterocycles. The van der Waals surface area contributed by atoms with Crippen molar-refractivity contribution < 1.29 is 14.6 Å². The third-order valence-corrected chi connectivity index (χ3v) is 9.67. The van der Waals surface area contributed by atoms with Crippen molar-refractivity contribution in [1.29, 1.82) is 5.41 Å². The predicted molar refractivity (Wildman–Crippen MR) is 156 cm³/mol. The van der Waals surface area contributed by atoms with Crippen molar-refractivity contribution in [2.75, 3.05) is 23.9 Å². The van der Waals surface area contributed by atoms with Crippen molar-refractivity contribution in [3.63, 3.8) is 0 Å². The molecule has 0 radical (unpaired) electrons. The fourth-order valence-corrected chi connectivity index (χ4v) is 6.70. The number of carbonyl (C=O) groups is 1. The molecular weight excluding hydrogens is 508 g/mol. The van der Waals surface area contributed by atoms with E-state index in [1.165, 1.54) is 44.9 Å². The number of aromatic nitrogens is 4. The predicted octanol–water partition coefficient (Wildman–Crippen LogP) is 5.24. The van der Waals surface area contributed by atoms with Crippen molar-refractivity contribution >= 4 is 34.9 Å². The van der Waals surface area contributed by atoms with Crippen LogP contribution in [0.25, 0.3) is 11.2 Å². The number of carboxylic acid groups (broad SMARTS) is 1. The summed E-state index contributed by atoms with van der Waals surface area (Å²) in [5.41, 5.74) is 0.974. The Morgan fingerprint density at radius 1 is 1.12 bits per heavy atom. The lowest BCUT2D eigenvalue weighted by Gasteiger charge is -2.38. The van der Waals surface area contributed by atoms with Crippen LogP contribution in [0.15, 0.2) is 0 Å². The molecule has 2 atom stereocenters. The first-order valence-electron chi connectivity index (χ1n) is 15.0. The number of nitrogens with zero attached hydrogens (tertiary/aromatic N) is 5. The van der Waals surface area contributed by atoms with Gasteiger partial charge in [-0.2, -0.15) is 4.98 Å². The van der Waals surface area contributed by atoms with Crippen LogP contribution in [-0.4, -0.2) is 67.9 Å². The second-order valence-electron chi connectivity index (χ2n) is 12.8. The van der Waals surface area contributed by atoms with Gasteiger partial charge >= 0.3 is 6.09 Å². The monoisotopic (exact) mass is 554 g/mol. The standard InChI is InChI=1S/C29H46N8O3/c1-17-11-13-19(14-12-17)16-37-22-24(31-18(2)20-8-6-9-20)33-26(23(30)32-28(38)39)34-25(22)35-27(37)36-15-7-10-21(36)29(3,4)40-5/h17-21H,6-16H2,1-5H3,(H2,30,32)(H,38,39)(H,31,33,34)/t17-,18-,19-,21?/m1/s1. The summed E-state index contributed by atoms with van der Waals surface area (Å²) in [5, 5.41) is 23.3. The summed E-state index contributed by atoms with van der Waals surface area (Å²) in [7, 11) is 1.77. The summed E-state index contributed by atoms with van der Waals surface area (Å²) in [5.74, 6) is 3.02. The molecule has 2 saturated carbocycles. The second kappa shape index (κ2) is 11.5. The number of amides is 1. The molecule has 1 unspecified atom stereocenters. The maximum atomic E-state index is 11.3. The first kappa shape index (κ1) is 28.6. The summed E-state index contributed by atoms with van der Waals surface area (Å²) >= 11 is 0. The van der Waals surface area contributed by atoms with Crippen LogP contribution in [0, 0.1) is 23.2 Å². The lowest BCUT2D eigenvalue weighted by molar-refractivity contribution is 0.00151. The maximum absolute atomic E-state index is 11.3. The van der Waals surface area contributed by atoms with E-state index >= 15 is 0 Å². The Balaban J connectivity index is 1.64. The van der Waals surface area contributed by atoms with Crippen molar-refractivity contribution in [2.45, 2.75) is 110 Å². The molecule has 3 heterocycles. The number of methoxy groups -OCH3 is 1. The zero-order valence-electron chi connectivity index (χ0n) is 24.7. The van der Waals surface area contributed by atoms with Crippen LogP contribution in [0.1, 0.15) is 91.3 Å². The first-order valence-corrected chi connectivity index (χ1v) is 15.0. The zero-order valence-corrected chi connectivity index (χ0v) is 24.7. The first-order chi connectivity index (χ1) is 19.1. The minimum atomic E-state index is -1.31. The zero-order chi connectivity index (χ0) is 28.6. The molecule has 1 amide bonds. The Morgan fingerprint density at radius 2 is 1.85 bits per heavy atom. The van der Waals surface area contributed by atoms with E-state index in [2.05, 4.69) is 52.8 Å². The van der Waals surface area contributed by atoms with E-state index in [1.54, 1.807) is 7.11 Å². The van der Waals surface area contributed by atoms with E-state index in [0.29, 0.717) is 23.3 Å². The molecule has 2 aliphatic carbocycles. The molecule has 3 fully saturated rings. The minimum Gasteiger partial charge on any atom is -0.465 e. The van der Waals surface area contributed by atoms with E-state index in [9.17, 15) is 9.90 Å². The van der Waals surface area contributed by atoms with E-state index in [-0.39, 0.29) is 29.3 Å². The number of anilines is 2. The van der Waals surface area contributed by atoms with Crippen LogP contribution in [0.4, 0.5) is 16.6 Å². The van der Waals surface area contributed by atoms with Crippen molar-refractivity contribution in [1.82, 2.24) is 24.8 Å². The lowest BCUT2D eigenvalue weighted by atomic mass is 9.80. The van der Waals surface area contributed by atoms with Gasteiger partial charge in [0.25, 0.3) is 0 Å². The van der Waals surface area contributed by atoms with Crippen molar-refractivity contribution in [3.8, 4) is 0 Å². The normalized spacial score (nSPS) is 24.6. The quantitative estimate of drug-likeness (QED) is 0.244. The van der Waals surface area contributed by atoms with Crippen LogP contribution in [-0.2, 0) is 11.3 Å². The average Bonchev–Trinajstić information content (AvgIpc) is 3.49. The van der Waals surface area contributed by atoms with Crippen LogP contribution < -0.4 is 15.5 Å². The molecule has 40 heavy (non-hydrogen) atoms. The highest BCUT2D eigenvalue weighted by molar-refractivity contribution is 6.03. The maximum Gasteiger partial charge on any atom is 0.410 e. The van der Waals surface area contributed by atoms with E-state index in [0.717, 1.165) is 43.3 Å². The second-order valence-corrected chi connectivity index (χ2v) is 12.8. The summed E-state index contributed by atoms with van der Waals surface area (Å²) in [4.78, 5) is 28.2. The van der Waals surface area contributed by atoms with Gasteiger partial charge in [0.05, 0.1) is 11.6 Å². The van der Waals surface area contributed by atoms with Gasteiger partial charge in [-0.25, -0.2) is 14.8 Å². The third kappa shape index (κ3) is 5.75. The largest absolute Gasteiger partial charge is 0.465 e. The highest BCUT2D eigenvalue weighted by Crippen LogP contribution is 2.39. The summed E-state index contributed by atoms with van der Waals surface area (Å²) < 4.78 is 8.26. The van der Waals surface area contributed by atoms with Crippen LogP contribution >= 0.6 is 0 Å². The number of amidine groups is 1. The summed E-state index contributed by atoms with van der Waals surface area (Å²) in [6.07, 6.45) is 9.18. The Bertz CT molecular complexity index is 1230. The van der Waals surface area contributed by atoms with Crippen molar-refractivity contribution in [3.05, 3.63) is 5.82 Å². The molecule has 11 nitrogen and oxygen atoms in total. The molecule has 2 aromatic heterocycles. The number of hydrogen-bond acceptors (Lipinski definition) is 8. The number of hydrogen-bond donors (Lipinski definition) is 4. The smallest absolute Gasteiger partial charge is 0.410 e. The molecule has 0 bridgehead atoms. The Kier molecular flexibility index (Phi) is 8.22. The average molecular weight is 555 g/mol. The molecule has 3 aliphatic rings. The van der Waals surface area contributed by atoms with Crippen molar-refractivity contribution in [2.24, 2.45) is 17.8 Å². The van der Waals surface area contributed by atoms with E-state index in [4.69, 9.17) is 20.1 Å². The highest BCUT2D eigenvalue weighted by Gasteiger charge is 2.40. The van der Waals surface area contributed by atoms with Gasteiger partial charge in [-0.15, -0.1) is 0 Å². The fourth-order valence-electron chi connectivity index (χ4n) is 6.70. The summed E-state index contributed by atoms with van der Waals surface area (Å²) in [6, 6.07) is 0.347. The molecule has 5 rings (SSSR count). The van der Waals surface area contributed by atoms with Gasteiger partial charge in [-0.1, -0.05) is 26.2 Å². The molecule has 1 saturated heterocycles. The van der Waals surface area contributed by atoms with Gasteiger partial charge in [0.15, 0.2) is 23.1 Å². The molecule has 220 valence electrons. The Morgan fingerprint density at radius 3 is 2.48 bits per heavy atom. The van der Waals surface area contributed by atoms with Crippen LogP contribution in [0.2, 0.25) is 0 Å². The number of rotatable bonds is 9. The van der Waals surface area contributed by atoms with Gasteiger partial charge in [0.1, 0.15) is 5.52 Å². The number of ether oxygens (including phenoxy) is 1. The molecule has 2 aromatic rings. The highest BCUT2D eigenvalue weighted by atomic mass is 16.5. The van der Waals surface area contributed by atoms with Gasteiger partial charge in [-0.05, 0) is 77.0 Å². The lowest BCUT2D eigenvalue weighted by Crippen LogP contribution is -2.48. The van der Waals surface area contributed by atoms with Gasteiger partial charge in [0.2, 0.25) is 5.95 Å². The number of fused-ring (bicyclic) bond motifs is 1. The molecule has 0 aromatic carbocycles. The molecular formula is C29H46N8O3. The minimum absolute atomic E-state index is 0.0242.